The predicted molar refractivity (Wildman–Crippen MR) is 377 cm³/mol. The largest absolute Gasteiger partial charge is 0.391 e. The Labute approximate surface area is 606 Å². The Morgan fingerprint density at radius 1 is 0.578 bits per heavy atom. The second-order valence-electron chi connectivity index (χ2n) is 30.9. The van der Waals surface area contributed by atoms with E-state index in [4.69, 9.17) is 16.3 Å². The lowest BCUT2D eigenvalue weighted by atomic mass is 9.79. The van der Waals surface area contributed by atoms with Gasteiger partial charge in [0.1, 0.15) is 54.9 Å². The number of hydrogen-bond donors (Lipinski definition) is 5. The third-order valence-corrected chi connectivity index (χ3v) is 20.8. The molecule has 13 amide bonds. The molecule has 9 atom stereocenters. The lowest BCUT2D eigenvalue weighted by molar-refractivity contribution is -0.184. The molecule has 4 aliphatic rings. The fourth-order valence-corrected chi connectivity index (χ4v) is 13.8. The van der Waals surface area contributed by atoms with E-state index in [1.165, 1.54) is 66.1 Å². The summed E-state index contributed by atoms with van der Waals surface area (Å²) < 4.78 is 47.5. The van der Waals surface area contributed by atoms with Crippen LogP contribution in [0.4, 0.5) is 13.2 Å². The van der Waals surface area contributed by atoms with Crippen molar-refractivity contribution in [2.24, 2.45) is 35.5 Å². The zero-order chi connectivity index (χ0) is 77.0. The molecule has 0 aromatic heterocycles. The summed E-state index contributed by atoms with van der Waals surface area (Å²) in [6.45, 7) is 14.9. The van der Waals surface area contributed by atoms with E-state index < -0.39 is 188 Å². The van der Waals surface area contributed by atoms with Crippen molar-refractivity contribution in [3.05, 3.63) is 0 Å². The molecule has 0 radical (unpaired) electrons. The van der Waals surface area contributed by atoms with Crippen LogP contribution in [0.25, 0.3) is 0 Å². The van der Waals surface area contributed by atoms with Gasteiger partial charge in [0.2, 0.25) is 76.8 Å². The van der Waals surface area contributed by atoms with E-state index in [1.54, 1.807) is 62.3 Å². The molecule has 0 aromatic rings. The quantitative estimate of drug-likeness (QED) is 0.136. The summed E-state index contributed by atoms with van der Waals surface area (Å²) in [5.41, 5.74) is -0.700. The fourth-order valence-electron chi connectivity index (χ4n) is 13.6. The van der Waals surface area contributed by atoms with Crippen molar-refractivity contribution in [3.8, 4) is 0 Å². The SMILES string of the molecule is CC[C@H](C)[C@@H]1NC(=O)[C@H](C)N(C)C(=O)C[C@@H](C(=O)N2CCCC2)NC(=O)[C@H](CC(C)C)N(C)C(=O)[C@H](COCC(=O)NC(C)(C)C)N(C)C(=O)[C@H](CC(C)C)NC(=O)[C@H](CCC2CCC(C(F)(F)F)CC2)NC(=O)CN(C)C(=O)[C@H](CC2CCC(Cl)CC2)N(C)C(=O)CN(C)C(=O)CN(C)C1=O. The second-order valence-corrected chi connectivity index (χ2v) is 31.5. The Morgan fingerprint density at radius 3 is 1.70 bits per heavy atom. The first-order valence-corrected chi connectivity index (χ1v) is 36.8. The number of nitrogens with zero attached hydrogens (tertiary/aromatic N) is 8. The topological polar surface area (TPSA) is 317 Å². The Hall–Kier alpha value is -6.85. The maximum Gasteiger partial charge on any atom is 0.391 e. The minimum Gasteiger partial charge on any atom is -0.369 e. The fraction of sp³-hybridized carbons (Fsp3) is 0.817. The molecular weight excluding hydrogens is 1350 g/mol. The number of nitrogens with one attached hydrogen (secondary N) is 5. The Balaban J connectivity index is 1.90. The molecule has 2 aliphatic heterocycles. The molecule has 2 saturated heterocycles. The van der Waals surface area contributed by atoms with E-state index in [0.29, 0.717) is 58.0 Å². The van der Waals surface area contributed by atoms with Gasteiger partial charge in [-0.1, -0.05) is 48.0 Å². The van der Waals surface area contributed by atoms with Crippen molar-refractivity contribution < 1.29 is 80.2 Å². The molecule has 0 aromatic carbocycles. The molecule has 0 unspecified atom stereocenters. The van der Waals surface area contributed by atoms with Gasteiger partial charge in [-0.05, 0) is 154 Å². The number of ether oxygens (including phenoxy) is 1. The van der Waals surface area contributed by atoms with Gasteiger partial charge in [0.15, 0.2) is 0 Å². The van der Waals surface area contributed by atoms with Gasteiger partial charge in [-0.25, -0.2) is 0 Å². The number of amides is 13. The van der Waals surface area contributed by atoms with E-state index in [1.807, 2.05) is 0 Å². The first kappa shape index (κ1) is 87.6. The Bertz CT molecular complexity index is 2900. The highest BCUT2D eigenvalue weighted by molar-refractivity contribution is 6.20. The summed E-state index contributed by atoms with van der Waals surface area (Å²) in [5.74, 6) is -12.7. The van der Waals surface area contributed by atoms with Gasteiger partial charge >= 0.3 is 6.18 Å². The van der Waals surface area contributed by atoms with Crippen LogP contribution < -0.4 is 26.6 Å². The van der Waals surface area contributed by atoms with Gasteiger partial charge in [-0.2, -0.15) is 13.2 Å². The zero-order valence-corrected chi connectivity index (χ0v) is 64.2. The molecule has 31 heteroatoms. The highest BCUT2D eigenvalue weighted by atomic mass is 35.5. The summed E-state index contributed by atoms with van der Waals surface area (Å²) in [6, 6.07) is -11.2. The van der Waals surface area contributed by atoms with Gasteiger partial charge in [-0.15, -0.1) is 11.6 Å². The van der Waals surface area contributed by atoms with E-state index >= 15 is 19.2 Å². The summed E-state index contributed by atoms with van der Waals surface area (Å²) in [7, 11) is 9.37. The predicted octanol–water partition coefficient (Wildman–Crippen LogP) is 4.06. The van der Waals surface area contributed by atoms with Crippen LogP contribution in [0.15, 0.2) is 0 Å². The molecule has 2 aliphatic carbocycles. The first-order chi connectivity index (χ1) is 47.5. The molecule has 2 heterocycles. The van der Waals surface area contributed by atoms with Crippen molar-refractivity contribution >= 4 is 88.4 Å². The average molecular weight is 1470 g/mol. The Morgan fingerprint density at radius 2 is 1.14 bits per heavy atom. The van der Waals surface area contributed by atoms with Gasteiger partial charge in [-0.3, -0.25) is 62.3 Å². The zero-order valence-electron chi connectivity index (χ0n) is 63.4. The standard InChI is InChI=1S/C71H119ClF3N13O14/c1-18-44(6)61-69(101)83(13)38-59(92)81(11)39-60(93)85(15)54(35-47-23-28-49(72)29-24-47)67(99)82(12)37-56(89)76-50(30-25-46-21-26-48(27-22-46)71(73,74)75)63(95)77-51(33-42(2)3)65(97)87(17)55(40-102-41-57(90)80-70(8,9)10)68(100)86(16)53(34-43(4)5)64(96)78-52(66(98)88-31-19-20-32-88)36-58(91)84(14)45(7)62(94)79-61/h42-55,61H,18-41H2,1-17H3,(H,76,89)(H,77,95)(H,78,96)(H,79,94)(H,80,90)/t44-,45-,46?,47?,48?,49?,50-,51-,52-,53-,54-,55-,61-/m0/s1. The van der Waals surface area contributed by atoms with Gasteiger partial charge in [0.05, 0.1) is 38.6 Å². The lowest BCUT2D eigenvalue weighted by Gasteiger charge is -2.37. The normalized spacial score (nSPS) is 28.2. The molecule has 5 N–H and O–H groups in total. The third-order valence-electron chi connectivity index (χ3n) is 20.4. The van der Waals surface area contributed by atoms with Crippen LogP contribution in [0.2, 0.25) is 0 Å². The number of carbonyl (C=O) groups excluding carboxylic acids is 13. The van der Waals surface area contributed by atoms with Crippen LogP contribution in [0.3, 0.4) is 0 Å². The van der Waals surface area contributed by atoms with Gasteiger partial charge < -0.3 is 70.5 Å². The highest BCUT2D eigenvalue weighted by Crippen LogP contribution is 2.41. The van der Waals surface area contributed by atoms with Gasteiger partial charge in [0, 0.05) is 73.3 Å². The summed E-state index contributed by atoms with van der Waals surface area (Å²) in [5, 5.41) is 13.7. The maximum absolute atomic E-state index is 15.4. The second kappa shape index (κ2) is 39.9. The summed E-state index contributed by atoms with van der Waals surface area (Å²) >= 11 is 6.49. The lowest BCUT2D eigenvalue weighted by Crippen LogP contribution is -2.61. The van der Waals surface area contributed by atoms with Crippen LogP contribution in [-0.2, 0) is 67.1 Å². The number of hydrogen-bond acceptors (Lipinski definition) is 14. The third kappa shape index (κ3) is 26.7. The number of likely N-dealkylation sites (tertiary alicyclic amines) is 1. The van der Waals surface area contributed by atoms with Crippen molar-refractivity contribution in [2.75, 3.05) is 95.3 Å². The molecular formula is C71H119ClF3N13O14. The monoisotopic (exact) mass is 1470 g/mol. The number of carbonyl (C=O) groups is 13. The van der Waals surface area contributed by atoms with Gasteiger partial charge in [0.25, 0.3) is 0 Å². The minimum absolute atomic E-state index is 0.0287. The minimum atomic E-state index is -4.39. The van der Waals surface area contributed by atoms with Crippen molar-refractivity contribution in [2.45, 2.75) is 244 Å². The van der Waals surface area contributed by atoms with E-state index in [9.17, 15) is 56.3 Å². The molecule has 102 heavy (non-hydrogen) atoms. The summed E-state index contributed by atoms with van der Waals surface area (Å²) in [4.78, 5) is 199. The van der Waals surface area contributed by atoms with Crippen molar-refractivity contribution in [3.63, 3.8) is 0 Å². The van der Waals surface area contributed by atoms with Crippen LogP contribution in [0, 0.1) is 35.5 Å². The number of rotatable bonds is 16. The highest BCUT2D eigenvalue weighted by Gasteiger charge is 2.45. The molecule has 4 fully saturated rings. The molecule has 0 bridgehead atoms. The van der Waals surface area contributed by atoms with Crippen LogP contribution in [-0.4, -0.2) is 277 Å². The van der Waals surface area contributed by atoms with Crippen LogP contribution in [0.5, 0.6) is 0 Å². The average Bonchev–Trinajstić information content (AvgIpc) is 0.933. The van der Waals surface area contributed by atoms with Crippen molar-refractivity contribution in [1.29, 1.82) is 0 Å². The summed E-state index contributed by atoms with van der Waals surface area (Å²) in [6.07, 6.45) is -0.668. The Kier molecular flexibility index (Phi) is 34.2. The van der Waals surface area contributed by atoms with E-state index in [2.05, 4.69) is 26.6 Å². The smallest absolute Gasteiger partial charge is 0.369 e. The molecule has 2 saturated carbocycles. The maximum atomic E-state index is 15.4. The van der Waals surface area contributed by atoms with E-state index in [0.717, 1.165) is 29.4 Å². The first-order valence-electron chi connectivity index (χ1n) is 36.3. The molecule has 4 rings (SSSR count). The molecule has 580 valence electrons. The van der Waals surface area contributed by atoms with Crippen molar-refractivity contribution in [1.82, 2.24) is 65.8 Å². The number of alkyl halides is 4. The van der Waals surface area contributed by atoms with Crippen LogP contribution in [0.1, 0.15) is 178 Å². The van der Waals surface area contributed by atoms with Crippen LogP contribution >= 0.6 is 11.6 Å². The molecule has 0 spiro atoms. The number of halogens is 4. The molecule has 27 nitrogen and oxygen atoms in total. The number of likely N-dealkylation sites (N-methyl/N-ethyl adjacent to an activating group) is 7. The van der Waals surface area contributed by atoms with E-state index in [-0.39, 0.29) is 86.8 Å².